The van der Waals surface area contributed by atoms with Crippen molar-refractivity contribution in [1.82, 2.24) is 5.32 Å². The number of rotatable bonds is 8. The molecule has 1 aromatic heterocycles. The van der Waals surface area contributed by atoms with Gasteiger partial charge in [-0.1, -0.05) is 20.3 Å². The quantitative estimate of drug-likeness (QED) is 0.737. The van der Waals surface area contributed by atoms with Crippen LogP contribution < -0.4 is 5.32 Å². The number of methoxy groups -OCH3 is 1. The monoisotopic (exact) mass is 269 g/mol. The molecule has 1 heterocycles. The van der Waals surface area contributed by atoms with E-state index in [0.717, 1.165) is 30.6 Å². The van der Waals surface area contributed by atoms with Gasteiger partial charge in [0.1, 0.15) is 0 Å². The maximum absolute atomic E-state index is 12.0. The molecule has 0 aliphatic carbocycles. The fourth-order valence-corrected chi connectivity index (χ4v) is 3.09. The van der Waals surface area contributed by atoms with Gasteiger partial charge < -0.3 is 10.1 Å². The molecule has 102 valence electrons. The minimum Gasteiger partial charge on any atom is -0.385 e. The van der Waals surface area contributed by atoms with E-state index in [9.17, 15) is 4.79 Å². The molecular formula is C14H23NO2S. The number of hydrogen-bond acceptors (Lipinski definition) is 3. The molecule has 0 saturated heterocycles. The molecule has 1 amide bonds. The third-order valence-electron chi connectivity index (χ3n) is 2.79. The average Bonchev–Trinajstić information content (AvgIpc) is 2.78. The summed E-state index contributed by atoms with van der Waals surface area (Å²) in [6.45, 7) is 5.67. The maximum atomic E-state index is 12.0. The first-order valence-electron chi connectivity index (χ1n) is 6.61. The summed E-state index contributed by atoms with van der Waals surface area (Å²) in [5.41, 5.74) is 1.32. The van der Waals surface area contributed by atoms with Crippen molar-refractivity contribution in [2.24, 2.45) is 0 Å². The third kappa shape index (κ3) is 4.42. The van der Waals surface area contributed by atoms with Crippen LogP contribution in [0.5, 0.6) is 0 Å². The van der Waals surface area contributed by atoms with E-state index in [2.05, 4.69) is 19.2 Å². The fraction of sp³-hybridized carbons (Fsp3) is 0.643. The molecule has 4 heteroatoms. The zero-order valence-corrected chi connectivity index (χ0v) is 12.4. The summed E-state index contributed by atoms with van der Waals surface area (Å²) in [6, 6.07) is 2.04. The van der Waals surface area contributed by atoms with Crippen LogP contribution in [0.4, 0.5) is 0 Å². The van der Waals surface area contributed by atoms with E-state index in [-0.39, 0.29) is 5.91 Å². The molecule has 0 aliphatic heterocycles. The topological polar surface area (TPSA) is 38.3 Å². The average molecular weight is 269 g/mol. The Balaban J connectivity index is 2.56. The minimum absolute atomic E-state index is 0.0492. The zero-order valence-electron chi connectivity index (χ0n) is 11.5. The Morgan fingerprint density at radius 1 is 1.44 bits per heavy atom. The fourth-order valence-electron chi connectivity index (χ4n) is 1.82. The molecular weight excluding hydrogens is 246 g/mol. The molecule has 0 aliphatic rings. The lowest BCUT2D eigenvalue weighted by Crippen LogP contribution is -2.24. The van der Waals surface area contributed by atoms with Crippen LogP contribution in [0.3, 0.4) is 0 Å². The lowest BCUT2D eigenvalue weighted by molar-refractivity contribution is 0.0952. The zero-order chi connectivity index (χ0) is 13.4. The highest BCUT2D eigenvalue weighted by atomic mass is 32.1. The van der Waals surface area contributed by atoms with Gasteiger partial charge >= 0.3 is 0 Å². The van der Waals surface area contributed by atoms with Gasteiger partial charge in [-0.3, -0.25) is 4.79 Å². The molecule has 18 heavy (non-hydrogen) atoms. The van der Waals surface area contributed by atoms with Gasteiger partial charge in [0.25, 0.3) is 5.91 Å². The number of carbonyl (C=O) groups excluding carboxylic acids is 1. The first-order valence-corrected chi connectivity index (χ1v) is 7.43. The predicted octanol–water partition coefficient (Wildman–Crippen LogP) is 3.03. The van der Waals surface area contributed by atoms with E-state index in [4.69, 9.17) is 4.74 Å². The second-order valence-corrected chi connectivity index (χ2v) is 5.40. The summed E-state index contributed by atoms with van der Waals surface area (Å²) >= 11 is 1.64. The molecule has 0 saturated carbocycles. The van der Waals surface area contributed by atoms with Crippen molar-refractivity contribution in [3.63, 3.8) is 0 Å². The molecule has 1 rings (SSSR count). The van der Waals surface area contributed by atoms with E-state index in [1.165, 1.54) is 10.4 Å². The van der Waals surface area contributed by atoms with Crippen molar-refractivity contribution in [3.8, 4) is 0 Å². The van der Waals surface area contributed by atoms with Crippen molar-refractivity contribution >= 4 is 17.2 Å². The summed E-state index contributed by atoms with van der Waals surface area (Å²) in [5, 5.41) is 2.93. The van der Waals surface area contributed by atoms with Gasteiger partial charge in [0, 0.05) is 25.1 Å². The van der Waals surface area contributed by atoms with Crippen LogP contribution in [0.2, 0.25) is 0 Å². The van der Waals surface area contributed by atoms with Crippen LogP contribution in [0.1, 0.15) is 46.8 Å². The standard InChI is InChI=1S/C14H23NO2S/c1-4-7-12-11(5-2)10-13(18-12)14(16)15-8-6-9-17-3/h10H,4-9H2,1-3H3,(H,15,16). The van der Waals surface area contributed by atoms with Gasteiger partial charge in [-0.05, 0) is 30.9 Å². The maximum Gasteiger partial charge on any atom is 0.261 e. The lowest BCUT2D eigenvalue weighted by atomic mass is 10.1. The number of thiophene rings is 1. The first kappa shape index (κ1) is 15.2. The van der Waals surface area contributed by atoms with E-state index in [0.29, 0.717) is 13.2 Å². The van der Waals surface area contributed by atoms with Crippen LogP contribution in [0.15, 0.2) is 6.07 Å². The second-order valence-electron chi connectivity index (χ2n) is 4.26. The Kier molecular flexibility index (Phi) is 6.98. The molecule has 0 atom stereocenters. The van der Waals surface area contributed by atoms with Gasteiger partial charge in [0.2, 0.25) is 0 Å². The Bertz CT molecular complexity index is 374. The van der Waals surface area contributed by atoms with Gasteiger partial charge in [-0.15, -0.1) is 11.3 Å². The highest BCUT2D eigenvalue weighted by Crippen LogP contribution is 2.24. The van der Waals surface area contributed by atoms with Crippen LogP contribution >= 0.6 is 11.3 Å². The molecule has 0 unspecified atom stereocenters. The molecule has 0 fully saturated rings. The number of carbonyl (C=O) groups is 1. The molecule has 0 aromatic carbocycles. The van der Waals surface area contributed by atoms with Gasteiger partial charge in [-0.25, -0.2) is 0 Å². The summed E-state index contributed by atoms with van der Waals surface area (Å²) in [7, 11) is 1.67. The summed E-state index contributed by atoms with van der Waals surface area (Å²) in [5.74, 6) is 0.0492. The Hall–Kier alpha value is -0.870. The molecule has 1 aromatic rings. The van der Waals surface area contributed by atoms with Crippen LogP contribution in [0, 0.1) is 0 Å². The van der Waals surface area contributed by atoms with Crippen molar-refractivity contribution in [2.45, 2.75) is 39.5 Å². The molecule has 3 nitrogen and oxygen atoms in total. The van der Waals surface area contributed by atoms with Crippen LogP contribution in [-0.2, 0) is 17.6 Å². The highest BCUT2D eigenvalue weighted by molar-refractivity contribution is 7.14. The highest BCUT2D eigenvalue weighted by Gasteiger charge is 2.12. The number of nitrogens with one attached hydrogen (secondary N) is 1. The molecule has 0 radical (unpaired) electrons. The van der Waals surface area contributed by atoms with Crippen LogP contribution in [0.25, 0.3) is 0 Å². The van der Waals surface area contributed by atoms with E-state index >= 15 is 0 Å². The van der Waals surface area contributed by atoms with Crippen molar-refractivity contribution < 1.29 is 9.53 Å². The summed E-state index contributed by atoms with van der Waals surface area (Å²) in [4.78, 5) is 14.2. The van der Waals surface area contributed by atoms with Crippen molar-refractivity contribution in [2.75, 3.05) is 20.3 Å². The predicted molar refractivity (Wildman–Crippen MR) is 76.5 cm³/mol. The normalized spacial score (nSPS) is 10.6. The van der Waals surface area contributed by atoms with E-state index in [1.807, 2.05) is 6.07 Å². The van der Waals surface area contributed by atoms with E-state index in [1.54, 1.807) is 18.4 Å². The van der Waals surface area contributed by atoms with Crippen molar-refractivity contribution in [3.05, 3.63) is 21.4 Å². The molecule has 0 spiro atoms. The SMILES string of the molecule is CCCc1sc(C(=O)NCCCOC)cc1CC. The third-order valence-corrected chi connectivity index (χ3v) is 4.03. The van der Waals surface area contributed by atoms with Crippen LogP contribution in [-0.4, -0.2) is 26.2 Å². The molecule has 1 N–H and O–H groups in total. The van der Waals surface area contributed by atoms with Gasteiger partial charge in [0.15, 0.2) is 0 Å². The summed E-state index contributed by atoms with van der Waals surface area (Å²) in [6.07, 6.45) is 4.06. The Morgan fingerprint density at radius 2 is 2.22 bits per heavy atom. The number of aryl methyl sites for hydroxylation is 2. The number of amides is 1. The van der Waals surface area contributed by atoms with Crippen molar-refractivity contribution in [1.29, 1.82) is 0 Å². The Labute approximate surface area is 114 Å². The minimum atomic E-state index is 0.0492. The Morgan fingerprint density at radius 3 is 2.83 bits per heavy atom. The number of hydrogen-bond donors (Lipinski definition) is 1. The number of ether oxygens (including phenoxy) is 1. The first-order chi connectivity index (χ1) is 8.72. The summed E-state index contributed by atoms with van der Waals surface area (Å²) < 4.78 is 4.95. The second kappa shape index (κ2) is 8.27. The van der Waals surface area contributed by atoms with Gasteiger partial charge in [-0.2, -0.15) is 0 Å². The molecule has 0 bridgehead atoms. The lowest BCUT2D eigenvalue weighted by Gasteiger charge is -2.02. The van der Waals surface area contributed by atoms with E-state index < -0.39 is 0 Å². The van der Waals surface area contributed by atoms with Gasteiger partial charge in [0.05, 0.1) is 4.88 Å². The smallest absolute Gasteiger partial charge is 0.261 e. The largest absolute Gasteiger partial charge is 0.385 e.